The predicted molar refractivity (Wildman–Crippen MR) is 69.0 cm³/mol. The first-order valence-electron chi connectivity index (χ1n) is 5.33. The number of rotatable bonds is 4. The third-order valence-electron chi connectivity index (χ3n) is 2.51. The molecule has 0 aliphatic heterocycles. The molecular formula is C11H16N4S. The molecule has 0 amide bonds. The Kier molecular flexibility index (Phi) is 3.36. The molecule has 0 radical (unpaired) electrons. The minimum atomic E-state index is 0.225. The Hall–Kier alpha value is -1.20. The topological polar surface area (TPSA) is 55.0 Å². The molecule has 2 rings (SSSR count). The van der Waals surface area contributed by atoms with Gasteiger partial charge in [0.2, 0.25) is 0 Å². The minimum absolute atomic E-state index is 0.225. The molecule has 2 N–H and O–H groups in total. The molecule has 0 bridgehead atoms. The van der Waals surface area contributed by atoms with Crippen LogP contribution in [-0.4, -0.2) is 29.6 Å². The van der Waals surface area contributed by atoms with Crippen molar-refractivity contribution in [2.45, 2.75) is 19.4 Å². The van der Waals surface area contributed by atoms with E-state index in [1.807, 2.05) is 25.4 Å². The summed E-state index contributed by atoms with van der Waals surface area (Å²) in [6, 6.07) is 2.24. The number of nitrogens with zero attached hydrogens (tertiary/aromatic N) is 3. The van der Waals surface area contributed by atoms with E-state index in [-0.39, 0.29) is 6.04 Å². The van der Waals surface area contributed by atoms with Crippen molar-refractivity contribution >= 4 is 27.4 Å². The Labute approximate surface area is 99.1 Å². The van der Waals surface area contributed by atoms with Crippen LogP contribution in [-0.2, 0) is 0 Å². The van der Waals surface area contributed by atoms with Gasteiger partial charge in [-0.25, -0.2) is 9.97 Å². The molecule has 2 aromatic rings. The highest BCUT2D eigenvalue weighted by Gasteiger charge is 2.09. The summed E-state index contributed by atoms with van der Waals surface area (Å²) < 4.78 is 1.15. The highest BCUT2D eigenvalue weighted by atomic mass is 32.1. The summed E-state index contributed by atoms with van der Waals surface area (Å²) in [6.07, 6.45) is 2.58. The van der Waals surface area contributed by atoms with Crippen LogP contribution in [0.1, 0.15) is 13.3 Å². The number of nitrogens with two attached hydrogens (primary N) is 1. The van der Waals surface area contributed by atoms with Gasteiger partial charge in [0.25, 0.3) is 0 Å². The second kappa shape index (κ2) is 4.76. The van der Waals surface area contributed by atoms with Crippen LogP contribution in [0, 0.1) is 0 Å². The molecule has 1 unspecified atom stereocenters. The summed E-state index contributed by atoms with van der Waals surface area (Å²) in [4.78, 5) is 10.7. The Bertz CT molecular complexity index is 466. The number of hydrogen-bond acceptors (Lipinski definition) is 5. The second-order valence-electron chi connectivity index (χ2n) is 4.02. The molecule has 1 atom stereocenters. The third kappa shape index (κ3) is 2.31. The van der Waals surface area contributed by atoms with Crippen molar-refractivity contribution < 1.29 is 0 Å². The monoisotopic (exact) mass is 236 g/mol. The first-order chi connectivity index (χ1) is 7.68. The summed E-state index contributed by atoms with van der Waals surface area (Å²) >= 11 is 1.68. The molecule has 0 saturated heterocycles. The van der Waals surface area contributed by atoms with Gasteiger partial charge in [0, 0.05) is 19.6 Å². The average Bonchev–Trinajstić information content (AvgIpc) is 2.73. The summed E-state index contributed by atoms with van der Waals surface area (Å²) in [5.41, 5.74) is 6.77. The summed E-state index contributed by atoms with van der Waals surface area (Å²) in [7, 11) is 2.05. The average molecular weight is 236 g/mol. The van der Waals surface area contributed by atoms with E-state index in [0.717, 1.165) is 29.0 Å². The Morgan fingerprint density at radius 3 is 3.06 bits per heavy atom. The fourth-order valence-corrected chi connectivity index (χ4v) is 2.44. The van der Waals surface area contributed by atoms with Gasteiger partial charge < -0.3 is 10.6 Å². The predicted octanol–water partition coefficient (Wildman–Crippen LogP) is 1.86. The van der Waals surface area contributed by atoms with E-state index in [9.17, 15) is 0 Å². The van der Waals surface area contributed by atoms with Crippen LogP contribution in [0.2, 0.25) is 0 Å². The van der Waals surface area contributed by atoms with Crippen molar-refractivity contribution in [3.8, 4) is 0 Å². The number of anilines is 1. The zero-order valence-electron chi connectivity index (χ0n) is 9.55. The molecule has 0 aliphatic rings. The molecule has 86 valence electrons. The van der Waals surface area contributed by atoms with Gasteiger partial charge in [-0.15, -0.1) is 11.3 Å². The van der Waals surface area contributed by atoms with Gasteiger partial charge in [-0.2, -0.15) is 0 Å². The zero-order chi connectivity index (χ0) is 11.5. The van der Waals surface area contributed by atoms with Crippen LogP contribution in [0.4, 0.5) is 5.82 Å². The lowest BCUT2D eigenvalue weighted by atomic mass is 10.2. The van der Waals surface area contributed by atoms with Crippen molar-refractivity contribution in [1.29, 1.82) is 0 Å². The maximum Gasteiger partial charge on any atom is 0.149 e. The first-order valence-corrected chi connectivity index (χ1v) is 6.21. The van der Waals surface area contributed by atoms with Crippen LogP contribution in [0.25, 0.3) is 10.2 Å². The van der Waals surface area contributed by atoms with Crippen LogP contribution < -0.4 is 10.6 Å². The first kappa shape index (κ1) is 11.3. The maximum absolute atomic E-state index is 5.75. The lowest BCUT2D eigenvalue weighted by molar-refractivity contribution is 0.657. The van der Waals surface area contributed by atoms with Gasteiger partial charge in [-0.05, 0) is 24.8 Å². The molecule has 0 fully saturated rings. The van der Waals surface area contributed by atoms with E-state index < -0.39 is 0 Å². The molecule has 0 aromatic carbocycles. The van der Waals surface area contributed by atoms with E-state index in [0.29, 0.717) is 0 Å². The molecule has 16 heavy (non-hydrogen) atoms. The quantitative estimate of drug-likeness (QED) is 0.880. The number of aromatic nitrogens is 2. The van der Waals surface area contributed by atoms with Gasteiger partial charge in [-0.3, -0.25) is 0 Å². The van der Waals surface area contributed by atoms with E-state index in [1.165, 1.54) is 0 Å². The molecule has 5 heteroatoms. The smallest absolute Gasteiger partial charge is 0.149 e. The van der Waals surface area contributed by atoms with Crippen molar-refractivity contribution in [3.05, 3.63) is 17.8 Å². The molecule has 0 aliphatic carbocycles. The fourth-order valence-electron chi connectivity index (χ4n) is 1.55. The molecule has 2 aromatic heterocycles. The summed E-state index contributed by atoms with van der Waals surface area (Å²) in [5.74, 6) is 1.00. The van der Waals surface area contributed by atoms with Crippen LogP contribution >= 0.6 is 11.3 Å². The SMILES string of the molecule is CC(N)CCN(C)c1ncnc2ccsc12. The maximum atomic E-state index is 5.75. The van der Waals surface area contributed by atoms with Crippen molar-refractivity contribution in [2.24, 2.45) is 5.73 Å². The Balaban J connectivity index is 2.22. The molecular weight excluding hydrogens is 220 g/mol. The van der Waals surface area contributed by atoms with Gasteiger partial charge >= 0.3 is 0 Å². The number of hydrogen-bond donors (Lipinski definition) is 1. The molecule has 4 nitrogen and oxygen atoms in total. The van der Waals surface area contributed by atoms with Crippen LogP contribution in [0.15, 0.2) is 17.8 Å². The van der Waals surface area contributed by atoms with Gasteiger partial charge in [0.1, 0.15) is 12.1 Å². The summed E-state index contributed by atoms with van der Waals surface area (Å²) in [6.45, 7) is 2.94. The van der Waals surface area contributed by atoms with Crippen molar-refractivity contribution in [2.75, 3.05) is 18.5 Å². The largest absolute Gasteiger partial charge is 0.358 e. The minimum Gasteiger partial charge on any atom is -0.358 e. The van der Waals surface area contributed by atoms with Gasteiger partial charge in [0.05, 0.1) is 10.2 Å². The van der Waals surface area contributed by atoms with E-state index in [4.69, 9.17) is 5.73 Å². The normalized spacial score (nSPS) is 12.9. The lowest BCUT2D eigenvalue weighted by Crippen LogP contribution is -2.26. The highest BCUT2D eigenvalue weighted by molar-refractivity contribution is 7.17. The van der Waals surface area contributed by atoms with E-state index in [2.05, 4.69) is 14.9 Å². The fraction of sp³-hybridized carbons (Fsp3) is 0.455. The van der Waals surface area contributed by atoms with Gasteiger partial charge in [0.15, 0.2) is 0 Å². The van der Waals surface area contributed by atoms with Crippen LogP contribution in [0.3, 0.4) is 0 Å². The standard InChI is InChI=1S/C11H16N4S/c1-8(12)3-5-15(2)11-10-9(4-6-16-10)13-7-14-11/h4,6-8H,3,5,12H2,1-2H3. The third-order valence-corrected chi connectivity index (χ3v) is 3.41. The van der Waals surface area contributed by atoms with Crippen molar-refractivity contribution in [3.63, 3.8) is 0 Å². The lowest BCUT2D eigenvalue weighted by Gasteiger charge is -2.19. The number of thiophene rings is 1. The Morgan fingerprint density at radius 1 is 1.50 bits per heavy atom. The van der Waals surface area contributed by atoms with Crippen LogP contribution in [0.5, 0.6) is 0 Å². The molecule has 0 saturated carbocycles. The van der Waals surface area contributed by atoms with E-state index >= 15 is 0 Å². The highest BCUT2D eigenvalue weighted by Crippen LogP contribution is 2.26. The summed E-state index contributed by atoms with van der Waals surface area (Å²) in [5, 5.41) is 2.04. The molecule has 0 spiro atoms. The van der Waals surface area contributed by atoms with Gasteiger partial charge in [-0.1, -0.05) is 0 Å². The number of fused-ring (bicyclic) bond motifs is 1. The van der Waals surface area contributed by atoms with E-state index in [1.54, 1.807) is 17.7 Å². The second-order valence-corrected chi connectivity index (χ2v) is 4.94. The molecule has 2 heterocycles. The zero-order valence-corrected chi connectivity index (χ0v) is 10.4. The Morgan fingerprint density at radius 2 is 2.31 bits per heavy atom. The van der Waals surface area contributed by atoms with Crippen molar-refractivity contribution in [1.82, 2.24) is 9.97 Å².